The Morgan fingerprint density at radius 1 is 1.00 bits per heavy atom. The van der Waals surface area contributed by atoms with Crippen molar-refractivity contribution in [1.29, 1.82) is 0 Å². The van der Waals surface area contributed by atoms with E-state index in [4.69, 9.17) is 0 Å². The second kappa shape index (κ2) is 5.99. The predicted molar refractivity (Wildman–Crippen MR) is 86.8 cm³/mol. The van der Waals surface area contributed by atoms with Crippen molar-refractivity contribution in [2.75, 3.05) is 5.75 Å². The number of nitrogens with one attached hydrogen (secondary N) is 1. The minimum Gasteiger partial charge on any atom is -0.361 e. The SMILES string of the molecule is O=C1CCCC2=C1C(c1cc(F)c(F)c(F)c1)C1=C(CCCS1)N2. The van der Waals surface area contributed by atoms with Crippen LogP contribution in [0.4, 0.5) is 13.2 Å². The van der Waals surface area contributed by atoms with Crippen molar-refractivity contribution in [2.45, 2.75) is 38.0 Å². The Morgan fingerprint density at radius 3 is 2.46 bits per heavy atom. The summed E-state index contributed by atoms with van der Waals surface area (Å²) >= 11 is 1.62. The van der Waals surface area contributed by atoms with E-state index in [1.54, 1.807) is 11.8 Å². The van der Waals surface area contributed by atoms with E-state index < -0.39 is 23.4 Å². The highest BCUT2D eigenvalue weighted by Gasteiger charge is 2.38. The number of benzene rings is 1. The van der Waals surface area contributed by atoms with Crippen molar-refractivity contribution in [3.63, 3.8) is 0 Å². The molecule has 3 aliphatic rings. The number of ketones is 1. The normalized spacial score (nSPS) is 23.8. The topological polar surface area (TPSA) is 29.1 Å². The number of halogens is 3. The lowest BCUT2D eigenvalue weighted by atomic mass is 9.79. The highest BCUT2D eigenvalue weighted by molar-refractivity contribution is 8.03. The molecular weight excluding hydrogens is 335 g/mol. The van der Waals surface area contributed by atoms with Gasteiger partial charge in [-0.1, -0.05) is 0 Å². The molecule has 2 heterocycles. The van der Waals surface area contributed by atoms with Crippen LogP contribution in [-0.2, 0) is 4.79 Å². The van der Waals surface area contributed by atoms with Gasteiger partial charge in [-0.15, -0.1) is 11.8 Å². The Kier molecular flexibility index (Phi) is 3.95. The average molecular weight is 351 g/mol. The molecule has 4 rings (SSSR count). The first-order valence-corrected chi connectivity index (χ1v) is 9.08. The molecule has 1 unspecified atom stereocenters. The molecule has 2 nitrogen and oxygen atoms in total. The Hall–Kier alpha value is -1.69. The summed E-state index contributed by atoms with van der Waals surface area (Å²) in [5, 5.41) is 3.38. The first-order valence-electron chi connectivity index (χ1n) is 8.10. The van der Waals surface area contributed by atoms with Gasteiger partial charge < -0.3 is 5.32 Å². The fraction of sp³-hybridized carbons (Fsp3) is 0.389. The van der Waals surface area contributed by atoms with E-state index in [0.717, 1.165) is 59.9 Å². The molecule has 6 heteroatoms. The number of dihydropyridines is 1. The average Bonchev–Trinajstić information content (AvgIpc) is 2.57. The molecule has 0 saturated carbocycles. The van der Waals surface area contributed by atoms with Gasteiger partial charge in [0.05, 0.1) is 0 Å². The third-order valence-corrected chi connectivity index (χ3v) is 6.06. The Morgan fingerprint density at radius 2 is 1.71 bits per heavy atom. The lowest BCUT2D eigenvalue weighted by Gasteiger charge is -2.37. The van der Waals surface area contributed by atoms with Crippen molar-refractivity contribution in [3.05, 3.63) is 57.0 Å². The highest BCUT2D eigenvalue weighted by atomic mass is 32.2. The van der Waals surface area contributed by atoms with Crippen molar-refractivity contribution in [3.8, 4) is 0 Å². The van der Waals surface area contributed by atoms with Crippen LogP contribution in [0, 0.1) is 17.5 Å². The number of Topliss-reactive ketones (excluding diaryl/α,β-unsaturated/α-hetero) is 1. The number of carbonyl (C=O) groups is 1. The van der Waals surface area contributed by atoms with Crippen LogP contribution in [0.25, 0.3) is 0 Å². The monoisotopic (exact) mass is 351 g/mol. The first-order chi connectivity index (χ1) is 11.6. The maximum atomic E-state index is 13.8. The molecule has 0 amide bonds. The Bertz CT molecular complexity index is 776. The van der Waals surface area contributed by atoms with Gasteiger partial charge in [0.1, 0.15) is 0 Å². The van der Waals surface area contributed by atoms with Crippen LogP contribution < -0.4 is 5.32 Å². The van der Waals surface area contributed by atoms with Gasteiger partial charge in [-0.25, -0.2) is 13.2 Å². The lowest BCUT2D eigenvalue weighted by molar-refractivity contribution is -0.116. The van der Waals surface area contributed by atoms with E-state index in [-0.39, 0.29) is 5.78 Å². The Labute approximate surface area is 142 Å². The molecule has 1 N–H and O–H groups in total. The molecule has 1 aromatic carbocycles. The van der Waals surface area contributed by atoms with E-state index in [1.807, 2.05) is 0 Å². The molecule has 0 bridgehead atoms. The molecular formula is C18H16F3NOS. The summed E-state index contributed by atoms with van der Waals surface area (Å²) in [7, 11) is 0. The number of allylic oxidation sites excluding steroid dienone is 4. The zero-order valence-electron chi connectivity index (χ0n) is 12.9. The summed E-state index contributed by atoms with van der Waals surface area (Å²) in [6.07, 6.45) is 3.85. The summed E-state index contributed by atoms with van der Waals surface area (Å²) in [4.78, 5) is 13.5. The smallest absolute Gasteiger partial charge is 0.194 e. The lowest BCUT2D eigenvalue weighted by Crippen LogP contribution is -2.33. The number of thioether (sulfide) groups is 1. The van der Waals surface area contributed by atoms with Gasteiger partial charge in [-0.2, -0.15) is 0 Å². The third kappa shape index (κ3) is 2.48. The van der Waals surface area contributed by atoms with Crippen LogP contribution in [0.2, 0.25) is 0 Å². The second-order valence-corrected chi connectivity index (χ2v) is 7.46. The van der Waals surface area contributed by atoms with Gasteiger partial charge in [-0.05, 0) is 49.1 Å². The van der Waals surface area contributed by atoms with Crippen LogP contribution in [0.5, 0.6) is 0 Å². The van der Waals surface area contributed by atoms with Gasteiger partial charge in [0, 0.05) is 34.2 Å². The molecule has 24 heavy (non-hydrogen) atoms. The van der Waals surface area contributed by atoms with Gasteiger partial charge in [-0.3, -0.25) is 4.79 Å². The van der Waals surface area contributed by atoms with Crippen molar-refractivity contribution in [1.82, 2.24) is 5.32 Å². The van der Waals surface area contributed by atoms with E-state index in [0.29, 0.717) is 17.6 Å². The summed E-state index contributed by atoms with van der Waals surface area (Å²) in [5.41, 5.74) is 2.81. The minimum absolute atomic E-state index is 0.0108. The fourth-order valence-electron chi connectivity index (χ4n) is 3.72. The number of carbonyl (C=O) groups excluding carboxylic acids is 1. The third-order valence-electron chi connectivity index (χ3n) is 4.77. The van der Waals surface area contributed by atoms with Crippen LogP contribution in [0.15, 0.2) is 34.0 Å². The zero-order valence-corrected chi connectivity index (χ0v) is 13.7. The van der Waals surface area contributed by atoms with Crippen LogP contribution in [0.1, 0.15) is 43.6 Å². The maximum absolute atomic E-state index is 13.8. The molecule has 1 aromatic rings. The first kappa shape index (κ1) is 15.8. The van der Waals surface area contributed by atoms with Gasteiger partial charge in [0.15, 0.2) is 23.2 Å². The molecule has 0 fully saturated rings. The Balaban J connectivity index is 1.90. The zero-order chi connectivity index (χ0) is 16.8. The van der Waals surface area contributed by atoms with Crippen LogP contribution in [-0.4, -0.2) is 11.5 Å². The van der Waals surface area contributed by atoms with E-state index in [1.165, 1.54) is 0 Å². The van der Waals surface area contributed by atoms with E-state index in [2.05, 4.69) is 5.32 Å². The molecule has 0 radical (unpaired) electrons. The van der Waals surface area contributed by atoms with Crippen molar-refractivity contribution in [2.24, 2.45) is 0 Å². The van der Waals surface area contributed by atoms with E-state index >= 15 is 0 Å². The molecule has 1 aliphatic carbocycles. The predicted octanol–water partition coefficient (Wildman–Crippen LogP) is 4.54. The molecule has 0 aromatic heterocycles. The quantitative estimate of drug-likeness (QED) is 0.754. The van der Waals surface area contributed by atoms with Crippen molar-refractivity contribution >= 4 is 17.5 Å². The van der Waals surface area contributed by atoms with Crippen molar-refractivity contribution < 1.29 is 18.0 Å². The fourth-order valence-corrected chi connectivity index (χ4v) is 4.98. The molecule has 1 atom stereocenters. The van der Waals surface area contributed by atoms with E-state index in [9.17, 15) is 18.0 Å². The minimum atomic E-state index is -1.47. The number of rotatable bonds is 1. The second-order valence-electron chi connectivity index (χ2n) is 6.32. The highest BCUT2D eigenvalue weighted by Crippen LogP contribution is 2.49. The molecule has 0 saturated heterocycles. The van der Waals surface area contributed by atoms with Gasteiger partial charge >= 0.3 is 0 Å². The largest absolute Gasteiger partial charge is 0.361 e. The summed E-state index contributed by atoms with van der Waals surface area (Å²) in [6.45, 7) is 0. The summed E-state index contributed by atoms with van der Waals surface area (Å²) in [6, 6.07) is 2.06. The molecule has 0 spiro atoms. The van der Waals surface area contributed by atoms with Crippen LogP contribution >= 0.6 is 11.8 Å². The maximum Gasteiger partial charge on any atom is 0.194 e. The van der Waals surface area contributed by atoms with Gasteiger partial charge in [0.2, 0.25) is 0 Å². The molecule has 2 aliphatic heterocycles. The standard InChI is InChI=1S/C18H16F3NOS/c19-10-7-9(8-11(20)17(10)21)15-16-12(3-1-5-14(16)23)22-13-4-2-6-24-18(13)15/h7-8,15,22H,1-6H2. The number of hydrogen-bond donors (Lipinski definition) is 1. The van der Waals surface area contributed by atoms with Gasteiger partial charge in [0.25, 0.3) is 0 Å². The summed E-state index contributed by atoms with van der Waals surface area (Å²) < 4.78 is 40.9. The number of hydrogen-bond acceptors (Lipinski definition) is 3. The van der Waals surface area contributed by atoms with Crippen LogP contribution in [0.3, 0.4) is 0 Å². The summed E-state index contributed by atoms with van der Waals surface area (Å²) in [5.74, 6) is -3.47. The molecule has 126 valence electrons.